The van der Waals surface area contributed by atoms with E-state index in [0.717, 1.165) is 5.56 Å². The second-order valence-corrected chi connectivity index (χ2v) is 13.6. The van der Waals surface area contributed by atoms with Gasteiger partial charge in [0.25, 0.3) is 0 Å². The molecule has 2 atom stereocenters. The smallest absolute Gasteiger partial charge is 0.408 e. The van der Waals surface area contributed by atoms with Crippen LogP contribution in [0.4, 0.5) is 9.18 Å². The van der Waals surface area contributed by atoms with Gasteiger partial charge in [-0.25, -0.2) is 9.18 Å². The Bertz CT molecular complexity index is 1070. The average Bonchev–Trinajstić information content (AvgIpc) is 2.74. The zero-order chi connectivity index (χ0) is 27.4. The van der Waals surface area contributed by atoms with E-state index in [1.807, 2.05) is 19.1 Å². The molecule has 2 aromatic rings. The molecule has 2 rings (SSSR count). The second kappa shape index (κ2) is 11.9. The molecule has 0 spiro atoms. The third-order valence-corrected chi connectivity index (χ3v) is 6.46. The number of nitrogens with one attached hydrogen (secondary N) is 1. The molecule has 1 amide bonds. The van der Waals surface area contributed by atoms with Gasteiger partial charge < -0.3 is 14.5 Å². The number of halogens is 2. The van der Waals surface area contributed by atoms with Gasteiger partial charge in [-0.3, -0.25) is 4.79 Å². The van der Waals surface area contributed by atoms with Gasteiger partial charge in [-0.05, 0) is 57.3 Å². The van der Waals surface area contributed by atoms with Crippen LogP contribution in [0.3, 0.4) is 0 Å². The molecule has 0 aliphatic heterocycles. The standard InChI is InChI=1S/C28H38ClFNO4Si/c1-10-21(31-26(33)34-28(5,6)7)19-15-16-20(29)22(23(19)30)24(32)17-11-13-18(14-12-17)25(27(2,3)4)35-36(8)9/h11-16,21,25H,10H2,1-9H3,(H,31,33)/t21-,25?/m1/s1. The summed E-state index contributed by atoms with van der Waals surface area (Å²) in [7, 11) is -0.949. The van der Waals surface area contributed by atoms with E-state index in [2.05, 4.69) is 39.2 Å². The van der Waals surface area contributed by atoms with Crippen LogP contribution >= 0.6 is 11.6 Å². The molecule has 1 N–H and O–H groups in total. The van der Waals surface area contributed by atoms with E-state index in [0.29, 0.717) is 12.0 Å². The highest BCUT2D eigenvalue weighted by Crippen LogP contribution is 2.37. The van der Waals surface area contributed by atoms with Gasteiger partial charge >= 0.3 is 6.09 Å². The Kier molecular flexibility index (Phi) is 9.90. The van der Waals surface area contributed by atoms with E-state index in [1.54, 1.807) is 32.9 Å². The van der Waals surface area contributed by atoms with E-state index >= 15 is 4.39 Å². The molecule has 0 aliphatic carbocycles. The third-order valence-electron chi connectivity index (χ3n) is 5.44. The molecule has 36 heavy (non-hydrogen) atoms. The maximum atomic E-state index is 15.7. The lowest BCUT2D eigenvalue weighted by atomic mass is 9.84. The van der Waals surface area contributed by atoms with Crippen LogP contribution in [0.1, 0.15) is 94.1 Å². The predicted octanol–water partition coefficient (Wildman–Crippen LogP) is 8.04. The van der Waals surface area contributed by atoms with Crippen molar-refractivity contribution in [2.75, 3.05) is 0 Å². The summed E-state index contributed by atoms with van der Waals surface area (Å²) in [6, 6.07) is 9.34. The number of carbonyl (C=O) groups excluding carboxylic acids is 2. The summed E-state index contributed by atoms with van der Waals surface area (Å²) in [5.74, 6) is -1.28. The summed E-state index contributed by atoms with van der Waals surface area (Å²) in [5.41, 5.74) is 0.404. The molecule has 1 unspecified atom stereocenters. The fourth-order valence-electron chi connectivity index (χ4n) is 3.83. The van der Waals surface area contributed by atoms with Crippen molar-refractivity contribution in [2.45, 2.75) is 85.7 Å². The topological polar surface area (TPSA) is 64.6 Å². The SMILES string of the molecule is CC[C@@H](NC(=O)OC(C)(C)C)c1ccc(Cl)c(C(=O)c2ccc(C(O[Si](C)C)C(C)(C)C)cc2)c1F. The summed E-state index contributed by atoms with van der Waals surface area (Å²) in [4.78, 5) is 25.6. The second-order valence-electron chi connectivity index (χ2n) is 11.2. The minimum atomic E-state index is -0.949. The molecule has 0 aromatic heterocycles. The van der Waals surface area contributed by atoms with Crippen LogP contribution in [0, 0.1) is 11.2 Å². The summed E-state index contributed by atoms with van der Waals surface area (Å²) < 4.78 is 27.2. The van der Waals surface area contributed by atoms with Crippen LogP contribution in [0.15, 0.2) is 36.4 Å². The molecular formula is C28H38ClFNO4Si. The molecule has 1 radical (unpaired) electrons. The Morgan fingerprint density at radius 3 is 2.08 bits per heavy atom. The fraction of sp³-hybridized carbons (Fsp3) is 0.500. The van der Waals surface area contributed by atoms with E-state index in [9.17, 15) is 9.59 Å². The van der Waals surface area contributed by atoms with Crippen LogP contribution in [0.5, 0.6) is 0 Å². The lowest BCUT2D eigenvalue weighted by Crippen LogP contribution is -2.35. The van der Waals surface area contributed by atoms with Crippen molar-refractivity contribution in [3.05, 3.63) is 69.5 Å². The van der Waals surface area contributed by atoms with Gasteiger partial charge in [0.05, 0.1) is 22.7 Å². The fourth-order valence-corrected chi connectivity index (χ4v) is 5.02. The zero-order valence-corrected chi connectivity index (χ0v) is 24.5. The predicted molar refractivity (Wildman–Crippen MR) is 144 cm³/mol. The molecule has 0 aliphatic rings. The Labute approximate surface area is 221 Å². The Balaban J connectivity index is 2.39. The summed E-state index contributed by atoms with van der Waals surface area (Å²) in [6.45, 7) is 17.5. The van der Waals surface area contributed by atoms with E-state index in [1.165, 1.54) is 12.1 Å². The molecule has 0 bridgehead atoms. The average molecular weight is 535 g/mol. The molecule has 0 saturated heterocycles. The number of benzene rings is 2. The molecule has 0 heterocycles. The quantitative estimate of drug-likeness (QED) is 0.275. The number of alkyl carbamates (subject to hydrolysis) is 1. The van der Waals surface area contributed by atoms with E-state index < -0.39 is 38.4 Å². The number of rotatable bonds is 8. The van der Waals surface area contributed by atoms with Crippen molar-refractivity contribution < 1.29 is 23.1 Å². The van der Waals surface area contributed by atoms with Gasteiger partial charge in [-0.1, -0.05) is 69.6 Å². The Hall–Kier alpha value is -2.22. The van der Waals surface area contributed by atoms with Gasteiger partial charge in [0.2, 0.25) is 9.04 Å². The first-order chi connectivity index (χ1) is 16.5. The van der Waals surface area contributed by atoms with Crippen molar-refractivity contribution in [1.82, 2.24) is 5.32 Å². The third kappa shape index (κ3) is 7.89. The van der Waals surface area contributed by atoms with Gasteiger partial charge in [0, 0.05) is 11.1 Å². The minimum Gasteiger partial charge on any atom is -0.444 e. The van der Waals surface area contributed by atoms with Gasteiger partial charge in [-0.2, -0.15) is 0 Å². The summed E-state index contributed by atoms with van der Waals surface area (Å²) in [6.07, 6.45) is -0.392. The molecule has 0 fully saturated rings. The van der Waals surface area contributed by atoms with E-state index in [-0.39, 0.29) is 27.7 Å². The number of ketones is 1. The highest BCUT2D eigenvalue weighted by atomic mass is 35.5. The Morgan fingerprint density at radius 2 is 1.61 bits per heavy atom. The molecule has 2 aromatic carbocycles. The number of ether oxygens (including phenoxy) is 1. The number of carbonyl (C=O) groups is 2. The highest BCUT2D eigenvalue weighted by Gasteiger charge is 2.29. The van der Waals surface area contributed by atoms with Crippen LogP contribution < -0.4 is 5.32 Å². The number of hydrogen-bond acceptors (Lipinski definition) is 4. The molecule has 0 saturated carbocycles. The lowest BCUT2D eigenvalue weighted by Gasteiger charge is -2.32. The maximum Gasteiger partial charge on any atom is 0.408 e. The van der Waals surface area contributed by atoms with Gasteiger partial charge in [0.15, 0.2) is 5.78 Å². The first-order valence-electron chi connectivity index (χ1n) is 12.1. The molecule has 8 heteroatoms. The number of hydrogen-bond donors (Lipinski definition) is 1. The van der Waals surface area contributed by atoms with Crippen molar-refractivity contribution in [2.24, 2.45) is 5.41 Å². The van der Waals surface area contributed by atoms with Crippen molar-refractivity contribution in [3.8, 4) is 0 Å². The molecular weight excluding hydrogens is 497 g/mol. The normalized spacial score (nSPS) is 13.9. The first-order valence-corrected chi connectivity index (χ1v) is 14.9. The first kappa shape index (κ1) is 30.0. The Morgan fingerprint density at radius 1 is 1.03 bits per heavy atom. The highest BCUT2D eigenvalue weighted by molar-refractivity contribution is 6.48. The van der Waals surface area contributed by atoms with E-state index in [4.69, 9.17) is 20.8 Å². The maximum absolute atomic E-state index is 15.7. The summed E-state index contributed by atoms with van der Waals surface area (Å²) in [5, 5.41) is 2.70. The van der Waals surface area contributed by atoms with Crippen molar-refractivity contribution in [3.63, 3.8) is 0 Å². The minimum absolute atomic E-state index is 0.0116. The zero-order valence-electron chi connectivity index (χ0n) is 22.7. The van der Waals surface area contributed by atoms with Crippen LogP contribution in [-0.4, -0.2) is 26.5 Å². The van der Waals surface area contributed by atoms with Crippen LogP contribution in [0.2, 0.25) is 18.1 Å². The summed E-state index contributed by atoms with van der Waals surface area (Å²) >= 11 is 6.30. The molecule has 197 valence electrons. The largest absolute Gasteiger partial charge is 0.444 e. The number of amides is 1. The van der Waals surface area contributed by atoms with Gasteiger partial charge in [-0.15, -0.1) is 0 Å². The molecule has 5 nitrogen and oxygen atoms in total. The van der Waals surface area contributed by atoms with Crippen molar-refractivity contribution >= 4 is 32.5 Å². The monoisotopic (exact) mass is 534 g/mol. The van der Waals surface area contributed by atoms with Gasteiger partial charge in [0.1, 0.15) is 11.4 Å². The van der Waals surface area contributed by atoms with Crippen molar-refractivity contribution in [1.29, 1.82) is 0 Å². The van der Waals surface area contributed by atoms with Crippen LogP contribution in [0.25, 0.3) is 0 Å². The van der Waals surface area contributed by atoms with Crippen LogP contribution in [-0.2, 0) is 9.16 Å². The lowest BCUT2D eigenvalue weighted by molar-refractivity contribution is 0.0501.